The van der Waals surface area contributed by atoms with E-state index >= 15 is 0 Å². The first kappa shape index (κ1) is 28.6. The molecule has 2 aromatic rings. The Hall–Kier alpha value is -3.37. The van der Waals surface area contributed by atoms with Crippen LogP contribution in [0.25, 0.3) is 5.69 Å². The van der Waals surface area contributed by atoms with Crippen molar-refractivity contribution in [3.8, 4) is 5.69 Å². The minimum atomic E-state index is -4.52. The lowest BCUT2D eigenvalue weighted by molar-refractivity contribution is -0.142. The Labute approximate surface area is 226 Å². The zero-order valence-electron chi connectivity index (χ0n) is 22.3. The van der Waals surface area contributed by atoms with E-state index in [1.165, 1.54) is 29.1 Å². The fourth-order valence-electron chi connectivity index (χ4n) is 5.44. The number of anilines is 1. The summed E-state index contributed by atoms with van der Waals surface area (Å²) in [5.74, 6) is -0.851. The van der Waals surface area contributed by atoms with E-state index in [0.29, 0.717) is 25.8 Å². The number of alkyl halides is 3. The van der Waals surface area contributed by atoms with Crippen LogP contribution in [0.15, 0.2) is 36.5 Å². The highest BCUT2D eigenvalue weighted by atomic mass is 19.4. The van der Waals surface area contributed by atoms with E-state index in [2.05, 4.69) is 15.7 Å². The van der Waals surface area contributed by atoms with Crippen LogP contribution in [-0.2, 0) is 20.6 Å². The zero-order chi connectivity index (χ0) is 28.2. The average Bonchev–Trinajstić information content (AvgIpc) is 3.61. The molecular weight excluding hydrogens is 511 g/mol. The molecule has 1 saturated heterocycles. The summed E-state index contributed by atoms with van der Waals surface area (Å²) in [5, 5.41) is 9.86. The first-order valence-electron chi connectivity index (χ1n) is 13.7. The van der Waals surface area contributed by atoms with Crippen molar-refractivity contribution in [2.45, 2.75) is 83.5 Å². The maximum absolute atomic E-state index is 13.8. The number of hydrogen-bond acceptors (Lipinski definition) is 4. The van der Waals surface area contributed by atoms with E-state index < -0.39 is 29.7 Å². The molecule has 8 nitrogen and oxygen atoms in total. The molecule has 4 rings (SSSR count). The minimum Gasteiger partial charge on any atom is -0.344 e. The van der Waals surface area contributed by atoms with Crippen molar-refractivity contribution in [3.05, 3.63) is 42.1 Å². The van der Waals surface area contributed by atoms with Gasteiger partial charge in [0.1, 0.15) is 17.9 Å². The largest absolute Gasteiger partial charge is 0.416 e. The standard InChI is InChI=1S/C28H36F3N5O3/c1-3-18(2)25(37)34-24(19-9-5-4-6-10-19)27(39)35-16-8-13-22(35)26(38)33-23-14-15-32-36(23)21-12-7-11-20(17-21)28(29,30)31/h7,11-12,14-15,17-19,22,24H,3-6,8-10,13,16H2,1-2H3,(H,33,38)(H,34,37)/t18-,22+,24+/m1/s1. The highest BCUT2D eigenvalue weighted by Gasteiger charge is 2.41. The fraction of sp³-hybridized carbons (Fsp3) is 0.571. The molecule has 0 spiro atoms. The molecule has 1 saturated carbocycles. The van der Waals surface area contributed by atoms with E-state index in [9.17, 15) is 27.6 Å². The Morgan fingerprint density at radius 1 is 1.08 bits per heavy atom. The van der Waals surface area contributed by atoms with Crippen molar-refractivity contribution in [2.75, 3.05) is 11.9 Å². The Morgan fingerprint density at radius 3 is 2.51 bits per heavy atom. The van der Waals surface area contributed by atoms with Crippen LogP contribution in [0.1, 0.15) is 70.8 Å². The topological polar surface area (TPSA) is 96.3 Å². The Balaban J connectivity index is 1.52. The number of nitrogens with one attached hydrogen (secondary N) is 2. The third kappa shape index (κ3) is 6.62. The second-order valence-corrected chi connectivity index (χ2v) is 10.5. The van der Waals surface area contributed by atoms with Crippen molar-refractivity contribution in [3.63, 3.8) is 0 Å². The predicted molar refractivity (Wildman–Crippen MR) is 140 cm³/mol. The summed E-state index contributed by atoms with van der Waals surface area (Å²) in [6, 6.07) is 4.74. The smallest absolute Gasteiger partial charge is 0.344 e. The monoisotopic (exact) mass is 547 g/mol. The Bertz CT molecular complexity index is 1180. The van der Waals surface area contributed by atoms with Crippen LogP contribution in [0.2, 0.25) is 0 Å². The van der Waals surface area contributed by atoms with Gasteiger partial charge in [-0.2, -0.15) is 18.3 Å². The van der Waals surface area contributed by atoms with Gasteiger partial charge in [-0.1, -0.05) is 39.2 Å². The van der Waals surface area contributed by atoms with Crippen LogP contribution in [0.4, 0.5) is 19.0 Å². The number of aromatic nitrogens is 2. The molecule has 1 aliphatic heterocycles. The molecule has 2 N–H and O–H groups in total. The number of nitrogens with zero attached hydrogens (tertiary/aromatic N) is 3. The van der Waals surface area contributed by atoms with E-state index in [1.807, 2.05) is 13.8 Å². The number of benzene rings is 1. The molecule has 11 heteroatoms. The van der Waals surface area contributed by atoms with Crippen molar-refractivity contribution in [1.82, 2.24) is 20.0 Å². The van der Waals surface area contributed by atoms with Gasteiger partial charge in [0.05, 0.1) is 17.4 Å². The first-order valence-corrected chi connectivity index (χ1v) is 13.7. The van der Waals surface area contributed by atoms with Gasteiger partial charge in [-0.3, -0.25) is 14.4 Å². The number of likely N-dealkylation sites (tertiary alicyclic amines) is 1. The maximum Gasteiger partial charge on any atom is 0.416 e. The highest BCUT2D eigenvalue weighted by Crippen LogP contribution is 2.32. The molecule has 2 heterocycles. The van der Waals surface area contributed by atoms with Gasteiger partial charge in [0.25, 0.3) is 0 Å². The summed E-state index contributed by atoms with van der Waals surface area (Å²) < 4.78 is 40.9. The predicted octanol–water partition coefficient (Wildman–Crippen LogP) is 4.93. The molecule has 1 aromatic heterocycles. The molecule has 0 radical (unpaired) electrons. The van der Waals surface area contributed by atoms with Gasteiger partial charge in [0.2, 0.25) is 17.7 Å². The van der Waals surface area contributed by atoms with Gasteiger partial charge in [-0.25, -0.2) is 4.68 Å². The molecule has 1 aliphatic carbocycles. The van der Waals surface area contributed by atoms with Crippen LogP contribution in [0, 0.1) is 11.8 Å². The molecule has 2 fully saturated rings. The minimum absolute atomic E-state index is 0.0194. The lowest BCUT2D eigenvalue weighted by atomic mass is 9.83. The maximum atomic E-state index is 13.8. The number of halogens is 3. The Morgan fingerprint density at radius 2 is 1.82 bits per heavy atom. The molecular formula is C28H36F3N5O3. The van der Waals surface area contributed by atoms with Gasteiger partial charge in [-0.05, 0) is 56.2 Å². The lowest BCUT2D eigenvalue weighted by Gasteiger charge is -2.35. The number of carbonyl (C=O) groups excluding carboxylic acids is 3. The van der Waals surface area contributed by atoms with Crippen molar-refractivity contribution >= 4 is 23.5 Å². The highest BCUT2D eigenvalue weighted by molar-refractivity contribution is 5.98. The molecule has 0 bridgehead atoms. The molecule has 3 amide bonds. The molecule has 39 heavy (non-hydrogen) atoms. The van der Waals surface area contributed by atoms with Gasteiger partial charge >= 0.3 is 6.18 Å². The average molecular weight is 548 g/mol. The van der Waals surface area contributed by atoms with Crippen LogP contribution >= 0.6 is 0 Å². The van der Waals surface area contributed by atoms with Gasteiger partial charge in [0.15, 0.2) is 0 Å². The SMILES string of the molecule is CC[C@@H](C)C(=O)N[C@H](C(=O)N1CCC[C@H]1C(=O)Nc1ccnn1-c1cccc(C(F)(F)F)c1)C1CCCCC1. The Kier molecular flexibility index (Phi) is 8.97. The number of rotatable bonds is 8. The van der Waals surface area contributed by atoms with Crippen molar-refractivity contribution < 1.29 is 27.6 Å². The zero-order valence-corrected chi connectivity index (χ0v) is 22.3. The summed E-state index contributed by atoms with van der Waals surface area (Å²) in [6.07, 6.45) is 3.40. The molecule has 212 valence electrons. The van der Waals surface area contributed by atoms with Crippen molar-refractivity contribution in [1.29, 1.82) is 0 Å². The number of hydrogen-bond donors (Lipinski definition) is 2. The van der Waals surface area contributed by atoms with Crippen LogP contribution < -0.4 is 10.6 Å². The third-order valence-electron chi connectivity index (χ3n) is 7.90. The first-order chi connectivity index (χ1) is 18.6. The summed E-state index contributed by atoms with van der Waals surface area (Å²) in [5.41, 5.74) is -0.678. The lowest BCUT2D eigenvalue weighted by Crippen LogP contribution is -2.56. The van der Waals surface area contributed by atoms with Gasteiger partial charge in [0, 0.05) is 18.5 Å². The second kappa shape index (κ2) is 12.2. The van der Waals surface area contributed by atoms with Gasteiger partial charge < -0.3 is 15.5 Å². The van der Waals surface area contributed by atoms with E-state index in [-0.39, 0.29) is 35.2 Å². The van der Waals surface area contributed by atoms with Crippen LogP contribution in [0.3, 0.4) is 0 Å². The molecule has 3 atom stereocenters. The summed E-state index contributed by atoms with van der Waals surface area (Å²) in [7, 11) is 0. The molecule has 0 unspecified atom stereocenters. The van der Waals surface area contributed by atoms with Crippen LogP contribution in [0.5, 0.6) is 0 Å². The van der Waals surface area contributed by atoms with Crippen LogP contribution in [-0.4, -0.2) is 51.0 Å². The van der Waals surface area contributed by atoms with E-state index in [0.717, 1.165) is 44.2 Å². The second-order valence-electron chi connectivity index (χ2n) is 10.5. The van der Waals surface area contributed by atoms with Gasteiger partial charge in [-0.15, -0.1) is 0 Å². The molecule has 2 aliphatic rings. The fourth-order valence-corrected chi connectivity index (χ4v) is 5.44. The van der Waals surface area contributed by atoms with E-state index in [1.54, 1.807) is 4.90 Å². The van der Waals surface area contributed by atoms with E-state index in [4.69, 9.17) is 0 Å². The third-order valence-corrected chi connectivity index (χ3v) is 7.90. The quantitative estimate of drug-likeness (QED) is 0.490. The summed E-state index contributed by atoms with van der Waals surface area (Å²) >= 11 is 0. The summed E-state index contributed by atoms with van der Waals surface area (Å²) in [6.45, 7) is 4.15. The molecule has 1 aromatic carbocycles. The summed E-state index contributed by atoms with van der Waals surface area (Å²) in [4.78, 5) is 41.6. The normalized spacial score (nSPS) is 19.9. The number of amides is 3. The van der Waals surface area contributed by atoms with Crippen molar-refractivity contribution in [2.24, 2.45) is 11.8 Å². The number of carbonyl (C=O) groups is 3.